The summed E-state index contributed by atoms with van der Waals surface area (Å²) in [6.45, 7) is 1.05. The van der Waals surface area contributed by atoms with Gasteiger partial charge < -0.3 is 10.1 Å². The molecule has 0 saturated carbocycles. The van der Waals surface area contributed by atoms with Gasteiger partial charge in [0.25, 0.3) is 0 Å². The van der Waals surface area contributed by atoms with Crippen molar-refractivity contribution in [2.75, 3.05) is 13.7 Å². The van der Waals surface area contributed by atoms with Crippen LogP contribution in [0.25, 0.3) is 0 Å². The second-order valence-corrected chi connectivity index (χ2v) is 4.85. The Morgan fingerprint density at radius 3 is 2.78 bits per heavy atom. The molecule has 0 amide bonds. The normalized spacial score (nSPS) is 21.3. The molecule has 1 fully saturated rings. The van der Waals surface area contributed by atoms with Crippen LogP contribution in [-0.4, -0.2) is 25.7 Å². The topological polar surface area (TPSA) is 38.3 Å². The molecule has 1 aromatic carbocycles. The minimum absolute atomic E-state index is 0.128. The number of methoxy groups -OCH3 is 1. The molecular formula is C15H21NO2. The average Bonchev–Trinajstić information content (AvgIpc) is 2.46. The Labute approximate surface area is 109 Å². The molecule has 0 aromatic heterocycles. The van der Waals surface area contributed by atoms with Crippen molar-refractivity contribution in [1.82, 2.24) is 5.32 Å². The van der Waals surface area contributed by atoms with Gasteiger partial charge in [0.15, 0.2) is 0 Å². The van der Waals surface area contributed by atoms with E-state index in [0.717, 1.165) is 13.0 Å². The third-order valence-corrected chi connectivity index (χ3v) is 3.68. The summed E-state index contributed by atoms with van der Waals surface area (Å²) in [4.78, 5) is 11.6. The Bertz CT molecular complexity index is 371. The van der Waals surface area contributed by atoms with Crippen molar-refractivity contribution >= 4 is 5.97 Å². The third-order valence-electron chi connectivity index (χ3n) is 3.68. The highest BCUT2D eigenvalue weighted by molar-refractivity contribution is 5.70. The first-order chi connectivity index (χ1) is 8.81. The number of benzene rings is 1. The largest absolute Gasteiger partial charge is 0.469 e. The van der Waals surface area contributed by atoms with Crippen molar-refractivity contribution in [1.29, 1.82) is 0 Å². The summed E-state index contributed by atoms with van der Waals surface area (Å²) in [5, 5.41) is 3.54. The predicted octanol–water partition coefficient (Wildman–Crippen LogP) is 2.48. The number of esters is 1. The Morgan fingerprint density at radius 1 is 1.39 bits per heavy atom. The number of ether oxygens (including phenoxy) is 1. The van der Waals surface area contributed by atoms with Crippen LogP contribution in [0.15, 0.2) is 30.3 Å². The van der Waals surface area contributed by atoms with E-state index in [1.165, 1.54) is 25.5 Å². The molecule has 0 bridgehead atoms. The Balaban J connectivity index is 2.14. The fourth-order valence-corrected chi connectivity index (χ4v) is 2.68. The summed E-state index contributed by atoms with van der Waals surface area (Å²) >= 11 is 0. The van der Waals surface area contributed by atoms with Crippen LogP contribution >= 0.6 is 0 Å². The average molecular weight is 247 g/mol. The number of hydrogen-bond donors (Lipinski definition) is 1. The summed E-state index contributed by atoms with van der Waals surface area (Å²) < 4.78 is 4.83. The Morgan fingerprint density at radius 2 is 2.17 bits per heavy atom. The number of carbonyl (C=O) groups is 1. The zero-order chi connectivity index (χ0) is 12.8. The van der Waals surface area contributed by atoms with Crippen LogP contribution in [0.1, 0.15) is 37.2 Å². The smallest absolute Gasteiger partial charge is 0.306 e. The molecule has 2 atom stereocenters. The monoisotopic (exact) mass is 247 g/mol. The second kappa shape index (κ2) is 6.55. The lowest BCUT2D eigenvalue weighted by Crippen LogP contribution is -2.39. The summed E-state index contributed by atoms with van der Waals surface area (Å²) in [7, 11) is 1.46. The lowest BCUT2D eigenvalue weighted by atomic mass is 9.84. The molecule has 1 aliphatic rings. The van der Waals surface area contributed by atoms with Gasteiger partial charge in [0.05, 0.1) is 13.5 Å². The van der Waals surface area contributed by atoms with Gasteiger partial charge in [-0.05, 0) is 24.9 Å². The van der Waals surface area contributed by atoms with Crippen LogP contribution < -0.4 is 5.32 Å². The van der Waals surface area contributed by atoms with Crippen LogP contribution in [0.3, 0.4) is 0 Å². The van der Waals surface area contributed by atoms with Crippen molar-refractivity contribution in [2.24, 2.45) is 0 Å². The molecule has 2 rings (SSSR count). The number of carbonyl (C=O) groups excluding carboxylic acids is 1. The molecule has 18 heavy (non-hydrogen) atoms. The van der Waals surface area contributed by atoms with E-state index in [1.54, 1.807) is 0 Å². The maximum atomic E-state index is 11.6. The maximum Gasteiger partial charge on any atom is 0.306 e. The van der Waals surface area contributed by atoms with Crippen molar-refractivity contribution in [3.63, 3.8) is 0 Å². The highest BCUT2D eigenvalue weighted by Gasteiger charge is 2.27. The Hall–Kier alpha value is -1.35. The number of nitrogens with one attached hydrogen (secondary N) is 1. The summed E-state index contributed by atoms with van der Waals surface area (Å²) in [6.07, 6.45) is 4.06. The fourth-order valence-electron chi connectivity index (χ4n) is 2.68. The molecule has 1 unspecified atom stereocenters. The van der Waals surface area contributed by atoms with Gasteiger partial charge in [-0.2, -0.15) is 0 Å². The van der Waals surface area contributed by atoms with E-state index < -0.39 is 0 Å². The standard InChI is InChI=1S/C15H21NO2/c1-18-15(17)11-13(12-7-3-2-4-8-12)14-9-5-6-10-16-14/h2-4,7-8,13-14,16H,5-6,9-11H2,1H3/t13-,14?/m0/s1. The van der Waals surface area contributed by atoms with Crippen LogP contribution in [0.5, 0.6) is 0 Å². The first-order valence-corrected chi connectivity index (χ1v) is 6.66. The number of hydrogen-bond acceptors (Lipinski definition) is 3. The molecule has 0 aliphatic carbocycles. The van der Waals surface area contributed by atoms with E-state index in [1.807, 2.05) is 18.2 Å². The number of rotatable bonds is 4. The molecule has 1 heterocycles. The van der Waals surface area contributed by atoms with Crippen LogP contribution in [-0.2, 0) is 9.53 Å². The fraction of sp³-hybridized carbons (Fsp3) is 0.533. The van der Waals surface area contributed by atoms with Gasteiger partial charge in [-0.3, -0.25) is 4.79 Å². The van der Waals surface area contributed by atoms with Crippen molar-refractivity contribution < 1.29 is 9.53 Å². The van der Waals surface area contributed by atoms with Gasteiger partial charge in [0, 0.05) is 12.0 Å². The van der Waals surface area contributed by atoms with E-state index in [2.05, 4.69) is 17.4 Å². The van der Waals surface area contributed by atoms with Gasteiger partial charge in [0.1, 0.15) is 0 Å². The molecule has 0 radical (unpaired) electrons. The molecule has 0 spiro atoms. The maximum absolute atomic E-state index is 11.6. The summed E-state index contributed by atoms with van der Waals surface area (Å²) in [6, 6.07) is 10.7. The zero-order valence-corrected chi connectivity index (χ0v) is 10.9. The molecule has 1 aliphatic heterocycles. The summed E-state index contributed by atoms with van der Waals surface area (Å²) in [5.41, 5.74) is 1.22. The number of piperidine rings is 1. The quantitative estimate of drug-likeness (QED) is 0.831. The molecule has 1 saturated heterocycles. The van der Waals surface area contributed by atoms with Crippen molar-refractivity contribution in [3.8, 4) is 0 Å². The highest BCUT2D eigenvalue weighted by atomic mass is 16.5. The second-order valence-electron chi connectivity index (χ2n) is 4.85. The molecule has 3 nitrogen and oxygen atoms in total. The van der Waals surface area contributed by atoms with Gasteiger partial charge in [-0.1, -0.05) is 36.8 Å². The lowest BCUT2D eigenvalue weighted by Gasteiger charge is -2.31. The lowest BCUT2D eigenvalue weighted by molar-refractivity contribution is -0.141. The zero-order valence-electron chi connectivity index (χ0n) is 10.9. The molecule has 3 heteroatoms. The van der Waals surface area contributed by atoms with Crippen LogP contribution in [0.2, 0.25) is 0 Å². The van der Waals surface area contributed by atoms with Gasteiger partial charge in [0.2, 0.25) is 0 Å². The molecule has 1 N–H and O–H groups in total. The summed E-state index contributed by atoms with van der Waals surface area (Å²) in [5.74, 6) is 0.0928. The van der Waals surface area contributed by atoms with Gasteiger partial charge in [-0.25, -0.2) is 0 Å². The van der Waals surface area contributed by atoms with E-state index >= 15 is 0 Å². The molecule has 1 aromatic rings. The van der Waals surface area contributed by atoms with Crippen LogP contribution in [0, 0.1) is 0 Å². The minimum atomic E-state index is -0.128. The SMILES string of the molecule is COC(=O)C[C@@H](c1ccccc1)C1CCCCN1. The van der Waals surface area contributed by atoms with Crippen LogP contribution in [0.4, 0.5) is 0 Å². The van der Waals surface area contributed by atoms with E-state index in [9.17, 15) is 4.79 Å². The first kappa shape index (κ1) is 13.1. The van der Waals surface area contributed by atoms with E-state index in [0.29, 0.717) is 12.5 Å². The van der Waals surface area contributed by atoms with Crippen molar-refractivity contribution in [2.45, 2.75) is 37.6 Å². The third kappa shape index (κ3) is 3.33. The predicted molar refractivity (Wildman–Crippen MR) is 71.5 cm³/mol. The Kier molecular flexibility index (Phi) is 4.76. The molecule has 98 valence electrons. The first-order valence-electron chi connectivity index (χ1n) is 6.66. The van der Waals surface area contributed by atoms with Crippen molar-refractivity contribution in [3.05, 3.63) is 35.9 Å². The molecular weight excluding hydrogens is 226 g/mol. The van der Waals surface area contributed by atoms with Gasteiger partial charge >= 0.3 is 5.97 Å². The highest BCUT2D eigenvalue weighted by Crippen LogP contribution is 2.28. The minimum Gasteiger partial charge on any atom is -0.469 e. The van der Waals surface area contributed by atoms with Gasteiger partial charge in [-0.15, -0.1) is 0 Å². The van der Waals surface area contributed by atoms with E-state index in [-0.39, 0.29) is 11.9 Å². The van der Waals surface area contributed by atoms with E-state index in [4.69, 9.17) is 4.74 Å².